The summed E-state index contributed by atoms with van der Waals surface area (Å²) in [5.41, 5.74) is 2.44. The molecule has 0 aliphatic carbocycles. The number of nitrogens with zero attached hydrogens (tertiary/aromatic N) is 4. The number of hydrogen-bond acceptors (Lipinski definition) is 4. The molecule has 0 aromatic carbocycles. The summed E-state index contributed by atoms with van der Waals surface area (Å²) in [6.07, 6.45) is 1.62. The van der Waals surface area contributed by atoms with E-state index in [1.54, 1.807) is 6.20 Å². The van der Waals surface area contributed by atoms with Gasteiger partial charge in [-0.1, -0.05) is 13.8 Å². The van der Waals surface area contributed by atoms with Gasteiger partial charge in [0.1, 0.15) is 11.4 Å². The molecule has 0 amide bonds. The number of aromatic nitrogens is 5. The highest BCUT2D eigenvalue weighted by Crippen LogP contribution is 2.14. The van der Waals surface area contributed by atoms with Crippen LogP contribution in [0.25, 0.3) is 11.4 Å². The summed E-state index contributed by atoms with van der Waals surface area (Å²) in [5, 5.41) is 18.3. The molecule has 5 heteroatoms. The number of H-pyrrole nitrogens is 1. The fraction of sp³-hybridized carbons (Fsp3) is 0.333. The van der Waals surface area contributed by atoms with Gasteiger partial charge in [-0.2, -0.15) is 20.5 Å². The Morgan fingerprint density at radius 1 is 1.14 bits per heavy atom. The van der Waals surface area contributed by atoms with E-state index in [2.05, 4.69) is 39.5 Å². The van der Waals surface area contributed by atoms with Crippen molar-refractivity contribution in [3.05, 3.63) is 24.0 Å². The molecule has 0 radical (unpaired) electrons. The van der Waals surface area contributed by atoms with Crippen LogP contribution in [-0.2, 0) is 0 Å². The van der Waals surface area contributed by atoms with Crippen molar-refractivity contribution in [3.8, 4) is 11.4 Å². The minimum absolute atomic E-state index is 0.397. The third-order valence-electron chi connectivity index (χ3n) is 1.95. The van der Waals surface area contributed by atoms with Gasteiger partial charge in [0.15, 0.2) is 0 Å². The van der Waals surface area contributed by atoms with Crippen molar-refractivity contribution in [2.75, 3.05) is 0 Å². The van der Waals surface area contributed by atoms with Crippen molar-refractivity contribution >= 4 is 0 Å². The number of rotatable bonds is 2. The lowest BCUT2D eigenvalue weighted by atomic mass is 10.1. The zero-order chi connectivity index (χ0) is 9.97. The fourth-order valence-electron chi connectivity index (χ4n) is 1.11. The van der Waals surface area contributed by atoms with Gasteiger partial charge in [-0.3, -0.25) is 0 Å². The molecule has 5 nitrogen and oxygen atoms in total. The van der Waals surface area contributed by atoms with Crippen molar-refractivity contribution in [1.82, 2.24) is 25.6 Å². The molecule has 0 saturated carbocycles. The van der Waals surface area contributed by atoms with E-state index < -0.39 is 0 Å². The third kappa shape index (κ3) is 1.61. The van der Waals surface area contributed by atoms with Crippen LogP contribution in [0.5, 0.6) is 0 Å². The van der Waals surface area contributed by atoms with Gasteiger partial charge in [0.2, 0.25) is 0 Å². The highest BCUT2D eigenvalue weighted by Gasteiger charge is 2.05. The lowest BCUT2D eigenvalue weighted by Crippen LogP contribution is -1.96. The van der Waals surface area contributed by atoms with Crippen molar-refractivity contribution in [1.29, 1.82) is 0 Å². The predicted molar refractivity (Wildman–Crippen MR) is 51.5 cm³/mol. The van der Waals surface area contributed by atoms with Crippen LogP contribution in [0.3, 0.4) is 0 Å². The van der Waals surface area contributed by atoms with Crippen LogP contribution in [0.15, 0.2) is 18.3 Å². The predicted octanol–water partition coefficient (Wildman–Crippen LogP) is 1.39. The second-order valence-corrected chi connectivity index (χ2v) is 3.35. The maximum atomic E-state index is 4.10. The Morgan fingerprint density at radius 3 is 2.50 bits per heavy atom. The monoisotopic (exact) mass is 189 g/mol. The zero-order valence-electron chi connectivity index (χ0n) is 8.10. The molecule has 0 fully saturated rings. The van der Waals surface area contributed by atoms with Crippen molar-refractivity contribution in [2.45, 2.75) is 19.8 Å². The summed E-state index contributed by atoms with van der Waals surface area (Å²) >= 11 is 0. The van der Waals surface area contributed by atoms with Crippen LogP contribution < -0.4 is 0 Å². The van der Waals surface area contributed by atoms with Gasteiger partial charge in [-0.15, -0.1) is 5.10 Å². The van der Waals surface area contributed by atoms with Crippen LogP contribution in [-0.4, -0.2) is 25.6 Å². The van der Waals surface area contributed by atoms with Crippen LogP contribution in [0.2, 0.25) is 0 Å². The second-order valence-electron chi connectivity index (χ2n) is 3.35. The Morgan fingerprint density at radius 2 is 2.00 bits per heavy atom. The van der Waals surface area contributed by atoms with Gasteiger partial charge < -0.3 is 0 Å². The molecule has 2 heterocycles. The summed E-state index contributed by atoms with van der Waals surface area (Å²) in [7, 11) is 0. The molecule has 0 aliphatic heterocycles. The van der Waals surface area contributed by atoms with E-state index in [0.717, 1.165) is 11.4 Å². The van der Waals surface area contributed by atoms with E-state index in [9.17, 15) is 0 Å². The second kappa shape index (κ2) is 3.53. The summed E-state index contributed by atoms with van der Waals surface area (Å²) in [4.78, 5) is 0. The summed E-state index contributed by atoms with van der Waals surface area (Å²) in [5.74, 6) is 0.397. The Balaban J connectivity index is 2.31. The first-order chi connectivity index (χ1) is 6.77. The standard InChI is InChI=1S/C9H11N5/c1-6(2)7-3-4-8(12-11-7)9-5-10-14-13-9/h3-6H,1-2H3,(H,10,13,14). The third-order valence-corrected chi connectivity index (χ3v) is 1.95. The van der Waals surface area contributed by atoms with Crippen LogP contribution in [0.1, 0.15) is 25.5 Å². The topological polar surface area (TPSA) is 67.3 Å². The van der Waals surface area contributed by atoms with Crippen LogP contribution in [0.4, 0.5) is 0 Å². The van der Waals surface area contributed by atoms with Gasteiger partial charge in [0.25, 0.3) is 0 Å². The Bertz CT molecular complexity index is 390. The zero-order valence-corrected chi connectivity index (χ0v) is 8.10. The Hall–Kier alpha value is -1.78. The Labute approximate surface area is 81.6 Å². The smallest absolute Gasteiger partial charge is 0.133 e. The SMILES string of the molecule is CC(C)c1ccc(-c2cn[nH]n2)nn1. The van der Waals surface area contributed by atoms with Gasteiger partial charge in [-0.05, 0) is 18.1 Å². The molecule has 1 N–H and O–H groups in total. The Kier molecular flexibility index (Phi) is 2.22. The van der Waals surface area contributed by atoms with E-state index in [-0.39, 0.29) is 0 Å². The molecule has 0 aliphatic rings. The quantitative estimate of drug-likeness (QED) is 0.775. The van der Waals surface area contributed by atoms with E-state index >= 15 is 0 Å². The first kappa shape index (κ1) is 8.80. The summed E-state index contributed by atoms with van der Waals surface area (Å²) < 4.78 is 0. The van der Waals surface area contributed by atoms with Crippen LogP contribution in [0, 0.1) is 0 Å². The first-order valence-electron chi connectivity index (χ1n) is 4.47. The maximum absolute atomic E-state index is 4.10. The molecule has 0 unspecified atom stereocenters. The van der Waals surface area contributed by atoms with Crippen molar-refractivity contribution in [2.24, 2.45) is 0 Å². The largest absolute Gasteiger partial charge is 0.197 e. The van der Waals surface area contributed by atoms with Gasteiger partial charge in [-0.25, -0.2) is 0 Å². The lowest BCUT2D eigenvalue weighted by molar-refractivity contribution is 0.786. The number of nitrogens with one attached hydrogen (secondary N) is 1. The van der Waals surface area contributed by atoms with Crippen molar-refractivity contribution in [3.63, 3.8) is 0 Å². The molecule has 2 aromatic rings. The number of aromatic amines is 1. The molecular weight excluding hydrogens is 178 g/mol. The first-order valence-corrected chi connectivity index (χ1v) is 4.47. The molecule has 2 aromatic heterocycles. The molecule has 2 rings (SSSR count). The minimum Gasteiger partial charge on any atom is -0.197 e. The lowest BCUT2D eigenvalue weighted by Gasteiger charge is -2.02. The molecule has 0 saturated heterocycles. The molecule has 72 valence electrons. The normalized spacial score (nSPS) is 10.8. The fourth-order valence-corrected chi connectivity index (χ4v) is 1.11. The molecule has 14 heavy (non-hydrogen) atoms. The summed E-state index contributed by atoms with van der Waals surface area (Å²) in [6, 6.07) is 3.86. The average Bonchev–Trinajstić information content (AvgIpc) is 2.71. The number of hydrogen-bond donors (Lipinski definition) is 1. The van der Waals surface area contributed by atoms with E-state index in [1.165, 1.54) is 0 Å². The average molecular weight is 189 g/mol. The molecule has 0 atom stereocenters. The van der Waals surface area contributed by atoms with Gasteiger partial charge in [0.05, 0.1) is 11.9 Å². The van der Waals surface area contributed by atoms with Crippen LogP contribution >= 0.6 is 0 Å². The maximum Gasteiger partial charge on any atom is 0.133 e. The van der Waals surface area contributed by atoms with E-state index in [1.807, 2.05) is 12.1 Å². The highest BCUT2D eigenvalue weighted by atomic mass is 15.3. The summed E-state index contributed by atoms with van der Waals surface area (Å²) in [6.45, 7) is 4.17. The highest BCUT2D eigenvalue weighted by molar-refractivity contribution is 5.50. The minimum atomic E-state index is 0.397. The molecule has 0 spiro atoms. The van der Waals surface area contributed by atoms with Gasteiger partial charge in [0, 0.05) is 0 Å². The van der Waals surface area contributed by atoms with Crippen molar-refractivity contribution < 1.29 is 0 Å². The van der Waals surface area contributed by atoms with E-state index in [4.69, 9.17) is 0 Å². The van der Waals surface area contributed by atoms with Gasteiger partial charge >= 0.3 is 0 Å². The molecule has 0 bridgehead atoms. The van der Waals surface area contributed by atoms with E-state index in [0.29, 0.717) is 11.6 Å². The molecular formula is C9H11N5.